The van der Waals surface area contributed by atoms with Crippen LogP contribution in [0.1, 0.15) is 24.4 Å². The number of amides is 1. The molecule has 1 saturated carbocycles. The molecule has 0 radical (unpaired) electrons. The highest BCUT2D eigenvalue weighted by atomic mass is 35.5. The third kappa shape index (κ3) is 2.77. The predicted molar refractivity (Wildman–Crippen MR) is 77.9 cm³/mol. The first-order chi connectivity index (χ1) is 9.67. The summed E-state index contributed by atoms with van der Waals surface area (Å²) in [4.78, 5) is 21.1. The SMILES string of the molecule is Cc1ccc2nc(CCCl)n(CC(=O)NC3CC3)c2n1. The molecule has 1 aliphatic rings. The number of imidazole rings is 1. The summed E-state index contributed by atoms with van der Waals surface area (Å²) >= 11 is 5.82. The Morgan fingerprint density at radius 3 is 2.95 bits per heavy atom. The second kappa shape index (κ2) is 5.40. The number of pyridine rings is 1. The predicted octanol–water partition coefficient (Wildman–Crippen LogP) is 1.80. The van der Waals surface area contributed by atoms with E-state index in [4.69, 9.17) is 11.6 Å². The lowest BCUT2D eigenvalue weighted by molar-refractivity contribution is -0.121. The Bertz CT molecular complexity index is 648. The first-order valence-corrected chi connectivity index (χ1v) is 7.39. The average molecular weight is 293 g/mol. The monoisotopic (exact) mass is 292 g/mol. The summed E-state index contributed by atoms with van der Waals surface area (Å²) in [5.41, 5.74) is 2.49. The van der Waals surface area contributed by atoms with Crippen molar-refractivity contribution in [2.45, 2.75) is 38.8 Å². The highest BCUT2D eigenvalue weighted by molar-refractivity contribution is 6.17. The zero-order chi connectivity index (χ0) is 14.1. The van der Waals surface area contributed by atoms with Crippen molar-refractivity contribution in [1.82, 2.24) is 19.9 Å². The minimum absolute atomic E-state index is 0.0194. The molecular formula is C14H17ClN4O. The molecule has 106 valence electrons. The second-order valence-electron chi connectivity index (χ2n) is 5.19. The number of alkyl halides is 1. The van der Waals surface area contributed by atoms with Gasteiger partial charge in [0.25, 0.3) is 0 Å². The van der Waals surface area contributed by atoms with E-state index in [1.165, 1.54) is 0 Å². The van der Waals surface area contributed by atoms with Gasteiger partial charge in [-0.2, -0.15) is 0 Å². The Morgan fingerprint density at radius 2 is 2.25 bits per heavy atom. The molecule has 0 aromatic carbocycles. The van der Waals surface area contributed by atoms with E-state index in [9.17, 15) is 4.79 Å². The minimum atomic E-state index is 0.0194. The number of nitrogens with one attached hydrogen (secondary N) is 1. The maximum atomic E-state index is 12.0. The van der Waals surface area contributed by atoms with Crippen LogP contribution in [0.5, 0.6) is 0 Å². The number of nitrogens with zero attached hydrogens (tertiary/aromatic N) is 3. The zero-order valence-corrected chi connectivity index (χ0v) is 12.2. The molecule has 1 amide bonds. The molecule has 2 heterocycles. The molecule has 5 nitrogen and oxygen atoms in total. The Hall–Kier alpha value is -1.62. The fourth-order valence-electron chi connectivity index (χ4n) is 2.23. The number of rotatable bonds is 5. The van der Waals surface area contributed by atoms with Gasteiger partial charge in [-0.05, 0) is 31.9 Å². The molecule has 0 unspecified atom stereocenters. The van der Waals surface area contributed by atoms with Crippen molar-refractivity contribution in [2.75, 3.05) is 5.88 Å². The van der Waals surface area contributed by atoms with Crippen LogP contribution in [-0.4, -0.2) is 32.4 Å². The molecule has 0 saturated heterocycles. The number of hydrogen-bond acceptors (Lipinski definition) is 3. The molecule has 1 aliphatic carbocycles. The number of aromatic nitrogens is 3. The molecule has 0 spiro atoms. The van der Waals surface area contributed by atoms with Crippen molar-refractivity contribution in [1.29, 1.82) is 0 Å². The minimum Gasteiger partial charge on any atom is -0.352 e. The van der Waals surface area contributed by atoms with Crippen molar-refractivity contribution in [3.8, 4) is 0 Å². The standard InChI is InChI=1S/C14H17ClN4O/c1-9-2-5-11-14(16-9)19(12(18-11)6-7-15)8-13(20)17-10-3-4-10/h2,5,10H,3-4,6-8H2,1H3,(H,17,20). The van der Waals surface area contributed by atoms with E-state index in [1.54, 1.807) is 0 Å². The van der Waals surface area contributed by atoms with Crippen molar-refractivity contribution < 1.29 is 4.79 Å². The summed E-state index contributed by atoms with van der Waals surface area (Å²) < 4.78 is 1.88. The van der Waals surface area contributed by atoms with Gasteiger partial charge in [0.2, 0.25) is 5.91 Å². The Labute approximate surface area is 122 Å². The summed E-state index contributed by atoms with van der Waals surface area (Å²) in [6.45, 7) is 2.19. The van der Waals surface area contributed by atoms with Crippen LogP contribution in [0.25, 0.3) is 11.2 Å². The van der Waals surface area contributed by atoms with Crippen LogP contribution in [0, 0.1) is 6.92 Å². The van der Waals surface area contributed by atoms with Gasteiger partial charge in [0.1, 0.15) is 17.9 Å². The molecule has 3 rings (SSSR count). The fourth-order valence-corrected chi connectivity index (χ4v) is 2.40. The fraction of sp³-hybridized carbons (Fsp3) is 0.500. The third-order valence-electron chi connectivity index (χ3n) is 3.37. The zero-order valence-electron chi connectivity index (χ0n) is 11.4. The lowest BCUT2D eigenvalue weighted by atomic mass is 10.3. The van der Waals surface area contributed by atoms with Crippen molar-refractivity contribution in [3.05, 3.63) is 23.7 Å². The van der Waals surface area contributed by atoms with Gasteiger partial charge in [-0.1, -0.05) is 0 Å². The van der Waals surface area contributed by atoms with Gasteiger partial charge in [-0.15, -0.1) is 11.6 Å². The van der Waals surface area contributed by atoms with E-state index in [0.717, 1.165) is 35.5 Å². The molecule has 2 aromatic heterocycles. The average Bonchev–Trinajstić information content (AvgIpc) is 3.15. The van der Waals surface area contributed by atoms with Crippen LogP contribution in [0.4, 0.5) is 0 Å². The van der Waals surface area contributed by atoms with Crippen LogP contribution in [0.2, 0.25) is 0 Å². The summed E-state index contributed by atoms with van der Waals surface area (Å²) in [6.07, 6.45) is 2.80. The summed E-state index contributed by atoms with van der Waals surface area (Å²) in [6, 6.07) is 4.22. The van der Waals surface area contributed by atoms with E-state index < -0.39 is 0 Å². The lowest BCUT2D eigenvalue weighted by Gasteiger charge is -2.08. The quantitative estimate of drug-likeness (QED) is 0.855. The van der Waals surface area contributed by atoms with Gasteiger partial charge in [-0.25, -0.2) is 9.97 Å². The molecule has 1 N–H and O–H groups in total. The van der Waals surface area contributed by atoms with Crippen LogP contribution in [0.15, 0.2) is 12.1 Å². The first kappa shape index (κ1) is 13.4. The number of aryl methyl sites for hydroxylation is 2. The van der Waals surface area contributed by atoms with E-state index >= 15 is 0 Å². The molecule has 1 fully saturated rings. The Morgan fingerprint density at radius 1 is 1.45 bits per heavy atom. The second-order valence-corrected chi connectivity index (χ2v) is 5.57. The summed E-state index contributed by atoms with van der Waals surface area (Å²) in [5.74, 6) is 1.32. The van der Waals surface area contributed by atoms with Gasteiger partial charge in [0.15, 0.2) is 5.65 Å². The van der Waals surface area contributed by atoms with Crippen molar-refractivity contribution in [3.63, 3.8) is 0 Å². The van der Waals surface area contributed by atoms with Gasteiger partial charge in [0, 0.05) is 24.0 Å². The van der Waals surface area contributed by atoms with Gasteiger partial charge in [0.05, 0.1) is 0 Å². The van der Waals surface area contributed by atoms with Crippen LogP contribution < -0.4 is 5.32 Å². The lowest BCUT2D eigenvalue weighted by Crippen LogP contribution is -2.30. The van der Waals surface area contributed by atoms with Crippen LogP contribution in [0.3, 0.4) is 0 Å². The molecule has 2 aromatic rings. The van der Waals surface area contributed by atoms with Gasteiger partial charge in [-0.3, -0.25) is 4.79 Å². The molecule has 0 atom stereocenters. The van der Waals surface area contributed by atoms with E-state index in [0.29, 0.717) is 18.3 Å². The highest BCUT2D eigenvalue weighted by Crippen LogP contribution is 2.19. The Balaban J connectivity index is 1.93. The first-order valence-electron chi connectivity index (χ1n) is 6.85. The number of hydrogen-bond donors (Lipinski definition) is 1. The maximum Gasteiger partial charge on any atom is 0.240 e. The Kier molecular flexibility index (Phi) is 3.61. The van der Waals surface area contributed by atoms with Crippen LogP contribution >= 0.6 is 11.6 Å². The molecular weight excluding hydrogens is 276 g/mol. The van der Waals surface area contributed by atoms with E-state index in [2.05, 4.69) is 15.3 Å². The van der Waals surface area contributed by atoms with Gasteiger partial charge < -0.3 is 9.88 Å². The van der Waals surface area contributed by atoms with Crippen molar-refractivity contribution in [2.24, 2.45) is 0 Å². The smallest absolute Gasteiger partial charge is 0.240 e. The largest absolute Gasteiger partial charge is 0.352 e. The normalized spacial score (nSPS) is 14.7. The van der Waals surface area contributed by atoms with E-state index in [1.807, 2.05) is 23.6 Å². The number of fused-ring (bicyclic) bond motifs is 1. The summed E-state index contributed by atoms with van der Waals surface area (Å²) in [5, 5.41) is 2.99. The van der Waals surface area contributed by atoms with Crippen LogP contribution in [-0.2, 0) is 17.8 Å². The summed E-state index contributed by atoms with van der Waals surface area (Å²) in [7, 11) is 0. The third-order valence-corrected chi connectivity index (χ3v) is 3.56. The topological polar surface area (TPSA) is 59.8 Å². The van der Waals surface area contributed by atoms with Gasteiger partial charge >= 0.3 is 0 Å². The van der Waals surface area contributed by atoms with Crippen molar-refractivity contribution >= 4 is 28.7 Å². The van der Waals surface area contributed by atoms with E-state index in [-0.39, 0.29) is 12.5 Å². The molecule has 6 heteroatoms. The number of carbonyl (C=O) groups excluding carboxylic acids is 1. The number of carbonyl (C=O) groups is 1. The number of halogens is 1. The highest BCUT2D eigenvalue weighted by Gasteiger charge is 2.24. The molecule has 20 heavy (non-hydrogen) atoms. The molecule has 0 aliphatic heterocycles. The molecule has 0 bridgehead atoms. The maximum absolute atomic E-state index is 12.0.